The second kappa shape index (κ2) is 5.95. The minimum atomic E-state index is -0.882. The summed E-state index contributed by atoms with van der Waals surface area (Å²) in [7, 11) is 0. The van der Waals surface area contributed by atoms with E-state index in [9.17, 15) is 4.79 Å². The van der Waals surface area contributed by atoms with Crippen molar-refractivity contribution in [3.8, 4) is 17.1 Å². The third-order valence-corrected chi connectivity index (χ3v) is 3.32. The van der Waals surface area contributed by atoms with Crippen molar-refractivity contribution in [1.82, 2.24) is 10.1 Å². The van der Waals surface area contributed by atoms with E-state index in [1.54, 1.807) is 0 Å². The molecule has 0 radical (unpaired) electrons. The molecule has 110 valence electrons. The second-order valence-corrected chi connectivity index (χ2v) is 5.18. The summed E-state index contributed by atoms with van der Waals surface area (Å²) in [5, 5.41) is 12.5. The summed E-state index contributed by atoms with van der Waals surface area (Å²) in [4.78, 5) is 14.7. The third kappa shape index (κ3) is 3.81. The van der Waals surface area contributed by atoms with Gasteiger partial charge in [-0.05, 0) is 43.0 Å². The number of carbonyl (C=O) groups is 1. The molecule has 2 aromatic rings. The van der Waals surface area contributed by atoms with Gasteiger partial charge in [-0.3, -0.25) is 4.79 Å². The third-order valence-electron chi connectivity index (χ3n) is 3.32. The molecule has 3 rings (SSSR count). The van der Waals surface area contributed by atoms with E-state index in [1.165, 1.54) is 12.8 Å². The molecule has 1 heterocycles. The number of aromatic nitrogens is 2. The van der Waals surface area contributed by atoms with Gasteiger partial charge in [-0.25, -0.2) is 0 Å². The molecule has 1 N–H and O–H groups in total. The SMILES string of the molecule is O=C(O)CCc1nc(-c2ccc(OCC3CC3)cc2)no1. The molecule has 1 aliphatic carbocycles. The quantitative estimate of drug-likeness (QED) is 0.842. The highest BCUT2D eigenvalue weighted by molar-refractivity contribution is 5.66. The van der Waals surface area contributed by atoms with Crippen LogP contribution < -0.4 is 4.74 Å². The fourth-order valence-electron chi connectivity index (χ4n) is 1.89. The molecule has 1 saturated carbocycles. The van der Waals surface area contributed by atoms with Crippen LogP contribution in [0.5, 0.6) is 5.75 Å². The molecular weight excluding hydrogens is 272 g/mol. The molecule has 1 aromatic heterocycles. The van der Waals surface area contributed by atoms with Gasteiger partial charge < -0.3 is 14.4 Å². The predicted molar refractivity (Wildman–Crippen MR) is 73.9 cm³/mol. The average molecular weight is 288 g/mol. The normalized spacial score (nSPS) is 14.1. The van der Waals surface area contributed by atoms with Gasteiger partial charge in [-0.2, -0.15) is 4.98 Å². The van der Waals surface area contributed by atoms with Crippen molar-refractivity contribution < 1.29 is 19.2 Å². The van der Waals surface area contributed by atoms with E-state index in [-0.39, 0.29) is 12.8 Å². The van der Waals surface area contributed by atoms with Crippen LogP contribution in [0.1, 0.15) is 25.2 Å². The van der Waals surface area contributed by atoms with E-state index in [0.29, 0.717) is 11.7 Å². The Labute approximate surface area is 121 Å². The zero-order valence-corrected chi connectivity index (χ0v) is 11.5. The molecule has 0 spiro atoms. The Hall–Kier alpha value is -2.37. The summed E-state index contributed by atoms with van der Waals surface area (Å²) < 4.78 is 10.7. The molecular formula is C15H16N2O4. The van der Waals surface area contributed by atoms with Crippen LogP contribution in [0.3, 0.4) is 0 Å². The van der Waals surface area contributed by atoms with E-state index in [4.69, 9.17) is 14.4 Å². The first-order chi connectivity index (χ1) is 10.2. The van der Waals surface area contributed by atoms with Crippen molar-refractivity contribution in [2.24, 2.45) is 5.92 Å². The lowest BCUT2D eigenvalue weighted by molar-refractivity contribution is -0.137. The molecule has 0 amide bonds. The Balaban J connectivity index is 1.61. The van der Waals surface area contributed by atoms with Crippen molar-refractivity contribution >= 4 is 5.97 Å². The lowest BCUT2D eigenvalue weighted by Gasteiger charge is -2.04. The van der Waals surface area contributed by atoms with E-state index in [2.05, 4.69) is 10.1 Å². The molecule has 21 heavy (non-hydrogen) atoms. The molecule has 0 aliphatic heterocycles. The molecule has 0 atom stereocenters. The summed E-state index contributed by atoms with van der Waals surface area (Å²) in [6, 6.07) is 7.50. The lowest BCUT2D eigenvalue weighted by Crippen LogP contribution is -1.98. The summed E-state index contributed by atoms with van der Waals surface area (Å²) in [6.07, 6.45) is 2.75. The van der Waals surface area contributed by atoms with Crippen molar-refractivity contribution in [3.63, 3.8) is 0 Å². The van der Waals surface area contributed by atoms with Gasteiger partial charge in [0.1, 0.15) is 5.75 Å². The molecule has 0 saturated heterocycles. The first-order valence-corrected chi connectivity index (χ1v) is 6.98. The standard InChI is InChI=1S/C15H16N2O4/c18-14(19)8-7-13-16-15(17-21-13)11-3-5-12(6-4-11)20-9-10-1-2-10/h3-6,10H,1-2,7-9H2,(H,18,19). The zero-order chi connectivity index (χ0) is 14.7. The minimum absolute atomic E-state index is 0.0183. The summed E-state index contributed by atoms with van der Waals surface area (Å²) in [6.45, 7) is 0.779. The number of aryl methyl sites for hydroxylation is 1. The molecule has 1 aromatic carbocycles. The maximum Gasteiger partial charge on any atom is 0.303 e. The Morgan fingerprint density at radius 1 is 1.33 bits per heavy atom. The zero-order valence-electron chi connectivity index (χ0n) is 11.5. The summed E-state index contributed by atoms with van der Waals surface area (Å²) in [5.41, 5.74) is 0.819. The molecule has 1 aliphatic rings. The number of carboxylic acids is 1. The maximum absolute atomic E-state index is 10.5. The van der Waals surface area contributed by atoms with Crippen LogP contribution in [0, 0.1) is 5.92 Å². The Morgan fingerprint density at radius 2 is 2.10 bits per heavy atom. The second-order valence-electron chi connectivity index (χ2n) is 5.18. The van der Waals surface area contributed by atoms with Crippen LogP contribution in [0.25, 0.3) is 11.4 Å². The van der Waals surface area contributed by atoms with Gasteiger partial charge >= 0.3 is 5.97 Å². The van der Waals surface area contributed by atoms with Crippen LogP contribution >= 0.6 is 0 Å². The Morgan fingerprint density at radius 3 is 2.76 bits per heavy atom. The monoisotopic (exact) mass is 288 g/mol. The van der Waals surface area contributed by atoms with Crippen LogP contribution in [0.15, 0.2) is 28.8 Å². The van der Waals surface area contributed by atoms with E-state index in [1.807, 2.05) is 24.3 Å². The van der Waals surface area contributed by atoms with Crippen LogP contribution in [0.2, 0.25) is 0 Å². The number of ether oxygens (including phenoxy) is 1. The van der Waals surface area contributed by atoms with Gasteiger partial charge in [0.25, 0.3) is 0 Å². The smallest absolute Gasteiger partial charge is 0.303 e. The van der Waals surface area contributed by atoms with Gasteiger partial charge in [-0.15, -0.1) is 0 Å². The number of carboxylic acid groups (broad SMARTS) is 1. The van der Waals surface area contributed by atoms with Gasteiger partial charge in [0.05, 0.1) is 13.0 Å². The first kappa shape index (κ1) is 13.6. The number of hydrogen-bond donors (Lipinski definition) is 1. The molecule has 0 unspecified atom stereocenters. The van der Waals surface area contributed by atoms with Crippen molar-refractivity contribution in [2.75, 3.05) is 6.61 Å². The van der Waals surface area contributed by atoms with Crippen LogP contribution in [-0.2, 0) is 11.2 Å². The van der Waals surface area contributed by atoms with Crippen LogP contribution in [0.4, 0.5) is 0 Å². The van der Waals surface area contributed by atoms with E-state index < -0.39 is 5.97 Å². The number of nitrogens with zero attached hydrogens (tertiary/aromatic N) is 2. The average Bonchev–Trinajstić information content (AvgIpc) is 3.20. The number of aliphatic carboxylic acids is 1. The topological polar surface area (TPSA) is 85.5 Å². The fraction of sp³-hybridized carbons (Fsp3) is 0.400. The van der Waals surface area contributed by atoms with Gasteiger partial charge in [-0.1, -0.05) is 5.16 Å². The highest BCUT2D eigenvalue weighted by Gasteiger charge is 2.21. The Kier molecular flexibility index (Phi) is 3.85. The van der Waals surface area contributed by atoms with Crippen LogP contribution in [-0.4, -0.2) is 27.8 Å². The van der Waals surface area contributed by atoms with Crippen molar-refractivity contribution in [3.05, 3.63) is 30.2 Å². The minimum Gasteiger partial charge on any atom is -0.493 e. The first-order valence-electron chi connectivity index (χ1n) is 6.98. The largest absolute Gasteiger partial charge is 0.493 e. The molecule has 6 heteroatoms. The lowest BCUT2D eigenvalue weighted by atomic mass is 10.2. The predicted octanol–water partition coefficient (Wildman–Crippen LogP) is 2.54. The Bertz CT molecular complexity index is 617. The van der Waals surface area contributed by atoms with Gasteiger partial charge in [0.15, 0.2) is 0 Å². The number of hydrogen-bond acceptors (Lipinski definition) is 5. The van der Waals surface area contributed by atoms with E-state index >= 15 is 0 Å². The fourth-order valence-corrected chi connectivity index (χ4v) is 1.89. The summed E-state index contributed by atoms with van der Waals surface area (Å²) in [5.74, 6) is 1.47. The van der Waals surface area contributed by atoms with E-state index in [0.717, 1.165) is 23.8 Å². The maximum atomic E-state index is 10.5. The highest BCUT2D eigenvalue weighted by atomic mass is 16.5. The molecule has 0 bridgehead atoms. The highest BCUT2D eigenvalue weighted by Crippen LogP contribution is 2.30. The summed E-state index contributed by atoms with van der Waals surface area (Å²) >= 11 is 0. The van der Waals surface area contributed by atoms with Crippen molar-refractivity contribution in [1.29, 1.82) is 0 Å². The van der Waals surface area contributed by atoms with Crippen molar-refractivity contribution in [2.45, 2.75) is 25.7 Å². The van der Waals surface area contributed by atoms with Gasteiger partial charge in [0, 0.05) is 12.0 Å². The van der Waals surface area contributed by atoms with Gasteiger partial charge in [0.2, 0.25) is 11.7 Å². The molecule has 1 fully saturated rings. The number of rotatable bonds is 7. The molecule has 6 nitrogen and oxygen atoms in total. The number of benzene rings is 1.